The van der Waals surface area contributed by atoms with E-state index in [0.29, 0.717) is 11.3 Å². The van der Waals surface area contributed by atoms with Crippen LogP contribution >= 0.6 is 0 Å². The molecule has 2 N–H and O–H groups in total. The van der Waals surface area contributed by atoms with Gasteiger partial charge in [0, 0.05) is 7.05 Å². The largest absolute Gasteiger partial charge is 0.497 e. The number of nitrogens with zero attached hydrogens (tertiary/aromatic N) is 1. The average Bonchev–Trinajstić information content (AvgIpc) is 2.93. The molecule has 2 aromatic rings. The fourth-order valence-corrected chi connectivity index (χ4v) is 2.00. The van der Waals surface area contributed by atoms with Crippen molar-refractivity contribution in [2.24, 2.45) is 0 Å². The Morgan fingerprint density at radius 3 is 2.41 bits per heavy atom. The van der Waals surface area contributed by atoms with Gasteiger partial charge in [-0.1, -0.05) is 12.1 Å². The number of benzene rings is 1. The fraction of sp³-hybridized carbons (Fsp3) is 0.214. The summed E-state index contributed by atoms with van der Waals surface area (Å²) in [6.45, 7) is 0. The predicted octanol–water partition coefficient (Wildman–Crippen LogP) is 0.874. The van der Waals surface area contributed by atoms with Crippen molar-refractivity contribution in [3.8, 4) is 5.75 Å². The molecule has 8 heteroatoms. The number of carboxylic acids is 1. The molecule has 0 bridgehead atoms. The van der Waals surface area contributed by atoms with Crippen LogP contribution in [0.3, 0.4) is 0 Å². The molecule has 0 aliphatic heterocycles. The highest BCUT2D eigenvalue weighted by molar-refractivity contribution is 5.94. The maximum absolute atomic E-state index is 12.2. The highest BCUT2D eigenvalue weighted by atomic mass is 16.5. The molecular weight excluding hydrogens is 292 g/mol. The number of amides is 1. The van der Waals surface area contributed by atoms with E-state index >= 15 is 0 Å². The van der Waals surface area contributed by atoms with Gasteiger partial charge < -0.3 is 19.3 Å². The van der Waals surface area contributed by atoms with Crippen LogP contribution in [-0.4, -0.2) is 41.2 Å². The second-order valence-electron chi connectivity index (χ2n) is 4.51. The quantitative estimate of drug-likeness (QED) is 0.847. The summed E-state index contributed by atoms with van der Waals surface area (Å²) in [7, 11) is 2.81. The summed E-state index contributed by atoms with van der Waals surface area (Å²) >= 11 is 0. The van der Waals surface area contributed by atoms with Gasteiger partial charge in [-0.25, -0.2) is 4.79 Å². The Bertz CT molecular complexity index is 730. The lowest BCUT2D eigenvalue weighted by Gasteiger charge is -2.24. The minimum Gasteiger partial charge on any atom is -0.497 e. The molecule has 1 heterocycles. The number of carboxylic acid groups (broad SMARTS) is 1. The van der Waals surface area contributed by atoms with Crippen LogP contribution in [0.15, 0.2) is 39.6 Å². The summed E-state index contributed by atoms with van der Waals surface area (Å²) < 4.78 is 9.72. The highest BCUT2D eigenvalue weighted by Gasteiger charge is 2.30. The molecule has 0 aliphatic rings. The number of hydrogen-bond donors (Lipinski definition) is 2. The molecule has 0 fully saturated rings. The molecule has 116 valence electrons. The molecule has 1 unspecified atom stereocenters. The fourth-order valence-electron chi connectivity index (χ4n) is 2.00. The number of carbonyl (C=O) groups is 2. The molecule has 0 saturated carbocycles. The summed E-state index contributed by atoms with van der Waals surface area (Å²) in [5, 5.41) is 11.4. The molecule has 0 saturated heterocycles. The number of nitrogens with one attached hydrogen (secondary N) is 1. The molecule has 1 atom stereocenters. The summed E-state index contributed by atoms with van der Waals surface area (Å²) in [5.41, 5.74) is -0.185. The molecule has 1 aromatic carbocycles. The van der Waals surface area contributed by atoms with Crippen molar-refractivity contribution in [3.63, 3.8) is 0 Å². The van der Waals surface area contributed by atoms with E-state index in [1.807, 2.05) is 5.16 Å². The Hall–Kier alpha value is -3.03. The van der Waals surface area contributed by atoms with Crippen LogP contribution in [0, 0.1) is 0 Å². The Morgan fingerprint density at radius 1 is 1.32 bits per heavy atom. The van der Waals surface area contributed by atoms with Gasteiger partial charge in [0.2, 0.25) is 5.76 Å². The zero-order chi connectivity index (χ0) is 16.3. The second kappa shape index (κ2) is 6.17. The molecule has 1 aromatic heterocycles. The Morgan fingerprint density at radius 2 is 1.95 bits per heavy atom. The number of aliphatic carboxylic acids is 1. The van der Waals surface area contributed by atoms with Gasteiger partial charge in [0.05, 0.1) is 13.2 Å². The van der Waals surface area contributed by atoms with Crippen molar-refractivity contribution >= 4 is 11.9 Å². The molecular formula is C14H14N2O6. The van der Waals surface area contributed by atoms with Gasteiger partial charge in [0.25, 0.3) is 11.5 Å². The van der Waals surface area contributed by atoms with E-state index < -0.39 is 23.5 Å². The summed E-state index contributed by atoms with van der Waals surface area (Å²) in [4.78, 5) is 35.7. The van der Waals surface area contributed by atoms with Crippen molar-refractivity contribution in [1.29, 1.82) is 0 Å². The minimum atomic E-state index is -1.22. The summed E-state index contributed by atoms with van der Waals surface area (Å²) in [5.74, 6) is -1.62. The van der Waals surface area contributed by atoms with E-state index in [4.69, 9.17) is 9.26 Å². The first-order chi connectivity index (χ1) is 10.4. The first-order valence-electron chi connectivity index (χ1n) is 6.26. The van der Waals surface area contributed by atoms with Crippen LogP contribution in [0.1, 0.15) is 22.2 Å². The number of H-pyrrole nitrogens is 1. The van der Waals surface area contributed by atoms with Crippen molar-refractivity contribution in [2.75, 3.05) is 14.2 Å². The third kappa shape index (κ3) is 3.00. The van der Waals surface area contributed by atoms with E-state index in [2.05, 4.69) is 0 Å². The number of carbonyl (C=O) groups excluding carboxylic acids is 1. The lowest BCUT2D eigenvalue weighted by atomic mass is 10.1. The monoisotopic (exact) mass is 306 g/mol. The van der Waals surface area contributed by atoms with Crippen molar-refractivity contribution < 1.29 is 24.0 Å². The van der Waals surface area contributed by atoms with E-state index in [-0.39, 0.29) is 5.76 Å². The summed E-state index contributed by atoms with van der Waals surface area (Å²) in [6, 6.07) is 6.04. The predicted molar refractivity (Wildman–Crippen MR) is 74.8 cm³/mol. The Balaban J connectivity index is 2.32. The third-order valence-corrected chi connectivity index (χ3v) is 3.11. The molecule has 8 nitrogen and oxygen atoms in total. The number of methoxy groups -OCH3 is 1. The van der Waals surface area contributed by atoms with Crippen LogP contribution in [0.5, 0.6) is 5.75 Å². The molecule has 2 rings (SSSR count). The van der Waals surface area contributed by atoms with E-state index in [0.717, 1.165) is 11.0 Å². The van der Waals surface area contributed by atoms with Crippen LogP contribution < -0.4 is 10.3 Å². The summed E-state index contributed by atoms with van der Waals surface area (Å²) in [6.07, 6.45) is 0. The zero-order valence-electron chi connectivity index (χ0n) is 11.9. The standard InChI is InChI=1S/C14H14N2O6/c1-16(13(18)10-7-11(17)15-22-10)12(14(19)20)8-3-5-9(21-2)6-4-8/h3-7,12H,1-2H3,(H,15,17)(H,19,20). The van der Waals surface area contributed by atoms with Gasteiger partial charge in [-0.3, -0.25) is 9.59 Å². The van der Waals surface area contributed by atoms with E-state index in [1.54, 1.807) is 24.3 Å². The Labute approximate surface area is 124 Å². The number of hydrogen-bond acceptors (Lipinski definition) is 5. The zero-order valence-corrected chi connectivity index (χ0v) is 11.9. The Kier molecular flexibility index (Phi) is 4.31. The van der Waals surface area contributed by atoms with Crippen molar-refractivity contribution in [3.05, 3.63) is 52.0 Å². The topological polar surface area (TPSA) is 113 Å². The average molecular weight is 306 g/mol. The van der Waals surface area contributed by atoms with Crippen LogP contribution in [0.25, 0.3) is 0 Å². The van der Waals surface area contributed by atoms with E-state index in [9.17, 15) is 19.5 Å². The minimum absolute atomic E-state index is 0.257. The van der Waals surface area contributed by atoms with Gasteiger partial charge in [-0.2, -0.15) is 5.16 Å². The maximum atomic E-state index is 12.2. The van der Waals surface area contributed by atoms with Gasteiger partial charge in [0.1, 0.15) is 5.75 Å². The molecule has 0 radical (unpaired) electrons. The van der Waals surface area contributed by atoms with Crippen LogP contribution in [0.2, 0.25) is 0 Å². The van der Waals surface area contributed by atoms with Gasteiger partial charge in [-0.05, 0) is 17.7 Å². The smallest absolute Gasteiger partial charge is 0.331 e. The van der Waals surface area contributed by atoms with Crippen LogP contribution in [-0.2, 0) is 4.79 Å². The van der Waals surface area contributed by atoms with Gasteiger partial charge in [-0.15, -0.1) is 0 Å². The van der Waals surface area contributed by atoms with Crippen molar-refractivity contribution in [1.82, 2.24) is 10.1 Å². The number of rotatable bonds is 5. The molecule has 22 heavy (non-hydrogen) atoms. The molecule has 1 amide bonds. The first kappa shape index (κ1) is 15.4. The number of likely N-dealkylation sites (N-methyl/N-ethyl adjacent to an activating group) is 1. The number of aromatic amines is 1. The SMILES string of the molecule is COc1ccc(C(C(=O)O)N(C)C(=O)c2cc(=O)[nH]o2)cc1. The van der Waals surface area contributed by atoms with Crippen LogP contribution in [0.4, 0.5) is 0 Å². The van der Waals surface area contributed by atoms with Gasteiger partial charge in [0.15, 0.2) is 6.04 Å². The number of aromatic nitrogens is 1. The number of ether oxygens (including phenoxy) is 1. The van der Waals surface area contributed by atoms with Crippen molar-refractivity contribution in [2.45, 2.75) is 6.04 Å². The first-order valence-corrected chi connectivity index (χ1v) is 6.26. The highest BCUT2D eigenvalue weighted by Crippen LogP contribution is 2.23. The second-order valence-corrected chi connectivity index (χ2v) is 4.51. The van der Waals surface area contributed by atoms with E-state index in [1.165, 1.54) is 14.2 Å². The molecule has 0 aliphatic carbocycles. The van der Waals surface area contributed by atoms with Gasteiger partial charge >= 0.3 is 5.97 Å². The lowest BCUT2D eigenvalue weighted by molar-refractivity contribution is -0.142. The maximum Gasteiger partial charge on any atom is 0.331 e. The third-order valence-electron chi connectivity index (χ3n) is 3.11. The molecule has 0 spiro atoms. The lowest BCUT2D eigenvalue weighted by Crippen LogP contribution is -2.35. The normalized spacial score (nSPS) is 11.7.